The number of hydrogen-bond acceptors (Lipinski definition) is 3. The van der Waals surface area contributed by atoms with Crippen LogP contribution in [0, 0.1) is 0 Å². The molecule has 6 heteroatoms. The fourth-order valence-electron chi connectivity index (χ4n) is 4.48. The van der Waals surface area contributed by atoms with E-state index >= 15 is 0 Å². The molecule has 0 spiro atoms. The average molecular weight is 438 g/mol. The lowest BCUT2D eigenvalue weighted by Crippen LogP contribution is -2.32. The van der Waals surface area contributed by atoms with E-state index in [1.807, 2.05) is 48.5 Å². The van der Waals surface area contributed by atoms with Crippen molar-refractivity contribution < 1.29 is 9.53 Å². The van der Waals surface area contributed by atoms with Crippen LogP contribution in [-0.4, -0.2) is 29.8 Å². The Kier molecular flexibility index (Phi) is 7.05. The quantitative estimate of drug-likeness (QED) is 0.497. The molecule has 0 aliphatic heterocycles. The topological polar surface area (TPSA) is 67.0 Å². The number of aromatic nitrogens is 2. The average Bonchev–Trinajstić information content (AvgIpc) is 3.10. The maximum Gasteiger partial charge on any atom is 0.272 e. The predicted molar refractivity (Wildman–Crippen MR) is 123 cm³/mol. The zero-order chi connectivity index (χ0) is 21.6. The van der Waals surface area contributed by atoms with Crippen molar-refractivity contribution in [3.63, 3.8) is 0 Å². The summed E-state index contributed by atoms with van der Waals surface area (Å²) in [4.78, 5) is 13.3. The molecule has 0 fully saturated rings. The molecule has 1 aromatic heterocycles. The molecule has 2 aromatic carbocycles. The molecule has 0 radical (unpaired) electrons. The van der Waals surface area contributed by atoms with E-state index < -0.39 is 0 Å². The molecule has 0 saturated heterocycles. The Bertz CT molecular complexity index is 1020. The molecule has 3 aromatic rings. The maximum absolute atomic E-state index is 13.3. The Labute approximate surface area is 188 Å². The summed E-state index contributed by atoms with van der Waals surface area (Å²) in [7, 11) is 1.64. The van der Waals surface area contributed by atoms with Crippen LogP contribution in [0.3, 0.4) is 0 Å². The Morgan fingerprint density at radius 2 is 2.06 bits per heavy atom. The van der Waals surface area contributed by atoms with Crippen LogP contribution >= 0.6 is 11.6 Å². The van der Waals surface area contributed by atoms with Crippen molar-refractivity contribution in [1.82, 2.24) is 15.5 Å². The van der Waals surface area contributed by atoms with Gasteiger partial charge in [0.2, 0.25) is 0 Å². The van der Waals surface area contributed by atoms with Gasteiger partial charge in [-0.1, -0.05) is 60.5 Å². The van der Waals surface area contributed by atoms with Gasteiger partial charge in [-0.15, -0.1) is 0 Å². The molecule has 1 aliphatic rings. The van der Waals surface area contributed by atoms with Gasteiger partial charge in [0.15, 0.2) is 5.69 Å². The second-order valence-corrected chi connectivity index (χ2v) is 8.57. The number of halogens is 1. The van der Waals surface area contributed by atoms with Gasteiger partial charge in [0.25, 0.3) is 5.91 Å². The zero-order valence-electron chi connectivity index (χ0n) is 17.7. The van der Waals surface area contributed by atoms with Gasteiger partial charge < -0.3 is 10.1 Å². The number of rotatable bonds is 7. The minimum Gasteiger partial charge on any atom is -0.382 e. The lowest BCUT2D eigenvalue weighted by Gasteiger charge is -2.20. The van der Waals surface area contributed by atoms with Gasteiger partial charge in [-0.2, -0.15) is 5.10 Å². The predicted octanol–water partition coefficient (Wildman–Crippen LogP) is 5.23. The number of nitrogens with one attached hydrogen (secondary N) is 2. The first-order chi connectivity index (χ1) is 15.2. The summed E-state index contributed by atoms with van der Waals surface area (Å²) in [6, 6.07) is 17.6. The molecule has 0 saturated carbocycles. The van der Waals surface area contributed by atoms with Gasteiger partial charge in [-0.3, -0.25) is 9.89 Å². The number of carbonyl (C=O) groups excluding carboxylic acids is 1. The van der Waals surface area contributed by atoms with E-state index in [1.54, 1.807) is 7.11 Å². The summed E-state index contributed by atoms with van der Waals surface area (Å²) in [6.45, 7) is 0.397. The van der Waals surface area contributed by atoms with E-state index in [-0.39, 0.29) is 17.9 Å². The Balaban J connectivity index is 1.60. The van der Waals surface area contributed by atoms with Gasteiger partial charge in [0.1, 0.15) is 0 Å². The lowest BCUT2D eigenvalue weighted by atomic mass is 9.88. The van der Waals surface area contributed by atoms with E-state index in [9.17, 15) is 4.79 Å². The van der Waals surface area contributed by atoms with Crippen molar-refractivity contribution in [2.45, 2.75) is 44.1 Å². The van der Waals surface area contributed by atoms with Crippen molar-refractivity contribution in [2.24, 2.45) is 0 Å². The largest absolute Gasteiger partial charge is 0.382 e. The second-order valence-electron chi connectivity index (χ2n) is 8.13. The number of methoxy groups -OCH3 is 1. The number of carbonyl (C=O) groups is 1. The highest BCUT2D eigenvalue weighted by atomic mass is 35.5. The molecular formula is C25H28ClN3O2. The fourth-order valence-corrected chi connectivity index (χ4v) is 4.69. The van der Waals surface area contributed by atoms with Crippen LogP contribution in [0.15, 0.2) is 54.6 Å². The molecule has 1 amide bonds. The Morgan fingerprint density at radius 3 is 2.84 bits per heavy atom. The van der Waals surface area contributed by atoms with Crippen molar-refractivity contribution in [3.05, 3.63) is 87.7 Å². The highest BCUT2D eigenvalue weighted by Gasteiger charge is 2.29. The highest BCUT2D eigenvalue weighted by molar-refractivity contribution is 6.30. The molecule has 4 rings (SSSR count). The number of benzene rings is 2. The van der Waals surface area contributed by atoms with E-state index in [1.165, 1.54) is 5.56 Å². The third kappa shape index (κ3) is 5.17. The molecule has 5 nitrogen and oxygen atoms in total. The summed E-state index contributed by atoms with van der Waals surface area (Å²) in [6.07, 6.45) is 5.01. The van der Waals surface area contributed by atoms with Gasteiger partial charge in [0.05, 0.1) is 12.6 Å². The number of ether oxygens (including phenoxy) is 1. The molecule has 1 heterocycles. The van der Waals surface area contributed by atoms with E-state index in [2.05, 4.69) is 21.6 Å². The molecule has 2 atom stereocenters. The van der Waals surface area contributed by atoms with Gasteiger partial charge in [-0.05, 0) is 54.9 Å². The van der Waals surface area contributed by atoms with Gasteiger partial charge in [0, 0.05) is 23.4 Å². The summed E-state index contributed by atoms with van der Waals surface area (Å²) < 4.78 is 5.37. The van der Waals surface area contributed by atoms with Crippen LogP contribution in [0.25, 0.3) is 0 Å². The fraction of sp³-hybridized carbons (Fsp3) is 0.360. The van der Waals surface area contributed by atoms with E-state index in [0.29, 0.717) is 12.3 Å². The van der Waals surface area contributed by atoms with Gasteiger partial charge >= 0.3 is 0 Å². The normalized spacial score (nSPS) is 16.9. The van der Waals surface area contributed by atoms with Crippen LogP contribution in [0.4, 0.5) is 0 Å². The van der Waals surface area contributed by atoms with Crippen molar-refractivity contribution in [2.75, 3.05) is 13.7 Å². The third-order valence-electron chi connectivity index (χ3n) is 5.95. The molecule has 2 N–H and O–H groups in total. The van der Waals surface area contributed by atoms with Crippen LogP contribution in [-0.2, 0) is 17.6 Å². The monoisotopic (exact) mass is 437 g/mol. The van der Waals surface area contributed by atoms with Crippen molar-refractivity contribution in [1.29, 1.82) is 0 Å². The van der Waals surface area contributed by atoms with Crippen molar-refractivity contribution in [3.8, 4) is 0 Å². The Morgan fingerprint density at radius 1 is 1.23 bits per heavy atom. The number of fused-ring (bicyclic) bond motifs is 1. The first kappa shape index (κ1) is 21.6. The second kappa shape index (κ2) is 10.1. The molecular weight excluding hydrogens is 410 g/mol. The zero-order valence-corrected chi connectivity index (χ0v) is 18.5. The SMILES string of the molecule is COC[C@H](NC(=O)c1n[nH]c2c1[C@H](Cc1cccc(Cl)c1)CCCC2)c1ccccc1. The van der Waals surface area contributed by atoms with Crippen LogP contribution in [0.2, 0.25) is 5.02 Å². The van der Waals surface area contributed by atoms with Gasteiger partial charge in [-0.25, -0.2) is 0 Å². The number of amides is 1. The first-order valence-corrected chi connectivity index (χ1v) is 11.2. The number of hydrogen-bond donors (Lipinski definition) is 2. The van der Waals surface area contributed by atoms with Crippen LogP contribution in [0.1, 0.15) is 64.1 Å². The number of nitrogens with zero attached hydrogens (tertiary/aromatic N) is 1. The minimum atomic E-state index is -0.233. The standard InChI is InChI=1S/C25H28ClN3O2/c1-31-16-22(18-9-3-2-4-10-18)27-25(30)24-23-19(11-5-6-13-21(23)28-29-24)14-17-8-7-12-20(26)15-17/h2-4,7-10,12,15,19,22H,5-6,11,13-14,16H2,1H3,(H,27,30)(H,28,29)/t19-,22-/m0/s1. The molecule has 31 heavy (non-hydrogen) atoms. The maximum atomic E-state index is 13.3. The molecule has 1 aliphatic carbocycles. The first-order valence-electron chi connectivity index (χ1n) is 10.8. The summed E-state index contributed by atoms with van der Waals surface area (Å²) in [5, 5.41) is 11.5. The number of H-pyrrole nitrogens is 1. The van der Waals surface area contributed by atoms with E-state index in [4.69, 9.17) is 16.3 Å². The van der Waals surface area contributed by atoms with Crippen LogP contribution in [0.5, 0.6) is 0 Å². The lowest BCUT2D eigenvalue weighted by molar-refractivity contribution is 0.0890. The van der Waals surface area contributed by atoms with E-state index in [0.717, 1.165) is 53.9 Å². The third-order valence-corrected chi connectivity index (χ3v) is 6.18. The summed E-state index contributed by atoms with van der Waals surface area (Å²) in [5.74, 6) is 0.0643. The van der Waals surface area contributed by atoms with Crippen molar-refractivity contribution >= 4 is 17.5 Å². The molecule has 0 unspecified atom stereocenters. The smallest absolute Gasteiger partial charge is 0.272 e. The molecule has 0 bridgehead atoms. The van der Waals surface area contributed by atoms with Crippen LogP contribution < -0.4 is 5.32 Å². The number of aromatic amines is 1. The highest BCUT2D eigenvalue weighted by Crippen LogP contribution is 2.35. The number of aryl methyl sites for hydroxylation is 1. The Hall–Kier alpha value is -2.63. The summed E-state index contributed by atoms with van der Waals surface area (Å²) >= 11 is 6.21. The molecule has 162 valence electrons. The minimum absolute atomic E-state index is 0.165. The summed E-state index contributed by atoms with van der Waals surface area (Å²) in [5.41, 5.74) is 4.83.